The quantitative estimate of drug-likeness (QED) is 0.635. The molecule has 1 heterocycles. The van der Waals surface area contributed by atoms with E-state index in [0.29, 0.717) is 24.5 Å². The molecule has 0 aromatic heterocycles. The maximum atomic E-state index is 13.8. The van der Waals surface area contributed by atoms with Gasteiger partial charge in [-0.1, -0.05) is 11.8 Å². The highest BCUT2D eigenvalue weighted by Gasteiger charge is 2.29. The third kappa shape index (κ3) is 4.12. The number of hydrogen-bond donors (Lipinski definition) is 0. The fraction of sp³-hybridized carbons (Fsp3) is 0.429. The maximum Gasteiger partial charge on any atom is 0.154 e. The Morgan fingerprint density at radius 2 is 2.25 bits per heavy atom. The fourth-order valence-corrected chi connectivity index (χ4v) is 3.61. The van der Waals surface area contributed by atoms with E-state index in [1.165, 1.54) is 12.1 Å². The van der Waals surface area contributed by atoms with Crippen LogP contribution in [0.25, 0.3) is 0 Å². The van der Waals surface area contributed by atoms with E-state index in [2.05, 4.69) is 11.8 Å². The molecule has 1 aliphatic rings. The van der Waals surface area contributed by atoms with Gasteiger partial charge < -0.3 is 4.74 Å². The third-order valence-electron chi connectivity index (χ3n) is 2.88. The first kappa shape index (κ1) is 15.1. The summed E-state index contributed by atoms with van der Waals surface area (Å²) in [7, 11) is -3.00. The van der Waals surface area contributed by atoms with Crippen molar-refractivity contribution in [3.63, 3.8) is 0 Å². The Bertz CT molecular complexity index is 646. The van der Waals surface area contributed by atoms with Crippen molar-refractivity contribution in [2.75, 3.05) is 17.4 Å². The molecule has 1 fully saturated rings. The van der Waals surface area contributed by atoms with Crippen LogP contribution in [-0.4, -0.2) is 31.9 Å². The SMILES string of the molecule is O=S1(=O)CCC(Oc2ccc(C#CCCCl)c(F)c2)C1. The van der Waals surface area contributed by atoms with Crippen molar-refractivity contribution in [1.82, 2.24) is 0 Å². The zero-order valence-electron chi connectivity index (χ0n) is 10.7. The van der Waals surface area contributed by atoms with Crippen LogP contribution in [-0.2, 0) is 9.84 Å². The molecule has 0 amide bonds. The molecule has 0 bridgehead atoms. The Hall–Kier alpha value is -1.25. The largest absolute Gasteiger partial charge is 0.489 e. The molecular weight excluding hydrogens is 303 g/mol. The minimum absolute atomic E-state index is 0.00804. The number of sulfone groups is 1. The van der Waals surface area contributed by atoms with Crippen LogP contribution < -0.4 is 4.74 Å². The number of alkyl halides is 1. The van der Waals surface area contributed by atoms with Crippen molar-refractivity contribution >= 4 is 21.4 Å². The average Bonchev–Trinajstić information content (AvgIpc) is 2.71. The normalized spacial score (nSPS) is 20.2. The van der Waals surface area contributed by atoms with Crippen LogP contribution in [0.1, 0.15) is 18.4 Å². The lowest BCUT2D eigenvalue weighted by Gasteiger charge is -2.12. The Labute approximate surface area is 123 Å². The lowest BCUT2D eigenvalue weighted by molar-refractivity contribution is 0.228. The highest BCUT2D eigenvalue weighted by atomic mass is 35.5. The van der Waals surface area contributed by atoms with Crippen LogP contribution >= 0.6 is 11.6 Å². The van der Waals surface area contributed by atoms with E-state index in [0.717, 1.165) is 0 Å². The topological polar surface area (TPSA) is 43.4 Å². The van der Waals surface area contributed by atoms with Gasteiger partial charge in [0.1, 0.15) is 17.7 Å². The Kier molecular flexibility index (Phi) is 4.90. The second-order valence-corrected chi connectivity index (χ2v) is 7.13. The standard InChI is InChI=1S/C14H14ClFO3S/c15-7-2-1-3-11-4-5-12(9-14(11)16)19-13-6-8-20(17,18)10-13/h4-5,9,13H,2,6-8,10H2. The van der Waals surface area contributed by atoms with E-state index < -0.39 is 21.8 Å². The van der Waals surface area contributed by atoms with E-state index >= 15 is 0 Å². The Balaban J connectivity index is 2.05. The monoisotopic (exact) mass is 316 g/mol. The summed E-state index contributed by atoms with van der Waals surface area (Å²) in [6, 6.07) is 4.35. The molecule has 6 heteroatoms. The fourth-order valence-electron chi connectivity index (χ4n) is 1.92. The van der Waals surface area contributed by atoms with Gasteiger partial charge in [0.2, 0.25) is 0 Å². The molecule has 0 aliphatic carbocycles. The lowest BCUT2D eigenvalue weighted by atomic mass is 10.2. The molecule has 0 N–H and O–H groups in total. The summed E-state index contributed by atoms with van der Waals surface area (Å²) in [6.07, 6.45) is 0.549. The van der Waals surface area contributed by atoms with Crippen molar-refractivity contribution < 1.29 is 17.5 Å². The molecule has 1 aliphatic heterocycles. The molecule has 3 nitrogen and oxygen atoms in total. The van der Waals surface area contributed by atoms with E-state index in [1.54, 1.807) is 6.07 Å². The van der Waals surface area contributed by atoms with Gasteiger partial charge in [-0.3, -0.25) is 0 Å². The second kappa shape index (κ2) is 6.47. The maximum absolute atomic E-state index is 13.8. The molecule has 20 heavy (non-hydrogen) atoms. The summed E-state index contributed by atoms with van der Waals surface area (Å²) >= 11 is 5.49. The van der Waals surface area contributed by atoms with Gasteiger partial charge in [-0.25, -0.2) is 12.8 Å². The molecule has 0 radical (unpaired) electrons. The van der Waals surface area contributed by atoms with Crippen molar-refractivity contribution in [2.24, 2.45) is 0 Å². The molecule has 1 saturated heterocycles. The molecule has 1 aromatic carbocycles. The van der Waals surface area contributed by atoms with E-state index in [-0.39, 0.29) is 17.1 Å². The molecule has 2 rings (SSSR count). The number of halogens is 2. The van der Waals surface area contributed by atoms with Crippen molar-refractivity contribution in [2.45, 2.75) is 18.9 Å². The molecule has 1 unspecified atom stereocenters. The molecule has 1 aromatic rings. The minimum Gasteiger partial charge on any atom is -0.489 e. The molecule has 0 saturated carbocycles. The van der Waals surface area contributed by atoms with E-state index in [9.17, 15) is 12.8 Å². The lowest BCUT2D eigenvalue weighted by Crippen LogP contribution is -2.17. The van der Waals surface area contributed by atoms with Crippen LogP contribution in [0.15, 0.2) is 18.2 Å². The van der Waals surface area contributed by atoms with E-state index in [4.69, 9.17) is 16.3 Å². The van der Waals surface area contributed by atoms with Gasteiger partial charge in [0.05, 0.1) is 17.1 Å². The van der Waals surface area contributed by atoms with Gasteiger partial charge in [0, 0.05) is 18.4 Å². The summed E-state index contributed by atoms with van der Waals surface area (Å²) in [5.41, 5.74) is 0.279. The van der Waals surface area contributed by atoms with Crippen LogP contribution in [0, 0.1) is 17.7 Å². The van der Waals surface area contributed by atoms with Crippen LogP contribution in [0.2, 0.25) is 0 Å². The van der Waals surface area contributed by atoms with Gasteiger partial charge >= 0.3 is 0 Å². The average molecular weight is 317 g/mol. The van der Waals surface area contributed by atoms with Gasteiger partial charge in [-0.2, -0.15) is 0 Å². The second-order valence-electron chi connectivity index (χ2n) is 4.53. The first-order valence-electron chi connectivity index (χ1n) is 6.21. The Morgan fingerprint density at radius 3 is 2.85 bits per heavy atom. The van der Waals surface area contributed by atoms with Crippen LogP contribution in [0.3, 0.4) is 0 Å². The van der Waals surface area contributed by atoms with E-state index in [1.807, 2.05) is 0 Å². The molecule has 0 spiro atoms. The highest BCUT2D eigenvalue weighted by molar-refractivity contribution is 7.91. The molecule has 108 valence electrons. The third-order valence-corrected chi connectivity index (χ3v) is 4.80. The zero-order chi connectivity index (χ0) is 14.6. The van der Waals surface area contributed by atoms with Gasteiger partial charge in [-0.05, 0) is 18.6 Å². The summed E-state index contributed by atoms with van der Waals surface area (Å²) < 4.78 is 41.9. The smallest absolute Gasteiger partial charge is 0.154 e. The summed E-state index contributed by atoms with van der Waals surface area (Å²) in [5.74, 6) is 5.81. The molecule has 1 atom stereocenters. The summed E-state index contributed by atoms with van der Waals surface area (Å²) in [5, 5.41) is 0. The number of benzene rings is 1. The predicted octanol–water partition coefficient (Wildman–Crippen LogP) is 2.37. The Morgan fingerprint density at radius 1 is 1.45 bits per heavy atom. The van der Waals surface area contributed by atoms with Gasteiger partial charge in [0.25, 0.3) is 0 Å². The predicted molar refractivity (Wildman–Crippen MR) is 76.3 cm³/mol. The van der Waals surface area contributed by atoms with Crippen LogP contribution in [0.4, 0.5) is 4.39 Å². The first-order chi connectivity index (χ1) is 9.50. The first-order valence-corrected chi connectivity index (χ1v) is 8.57. The van der Waals surface area contributed by atoms with Gasteiger partial charge in [-0.15, -0.1) is 11.6 Å². The van der Waals surface area contributed by atoms with Crippen molar-refractivity contribution in [3.05, 3.63) is 29.6 Å². The highest BCUT2D eigenvalue weighted by Crippen LogP contribution is 2.21. The zero-order valence-corrected chi connectivity index (χ0v) is 12.3. The molecular formula is C14H14ClFO3S. The van der Waals surface area contributed by atoms with Crippen LogP contribution in [0.5, 0.6) is 5.75 Å². The summed E-state index contributed by atoms with van der Waals surface area (Å²) in [6.45, 7) is 0. The van der Waals surface area contributed by atoms with Gasteiger partial charge in [0.15, 0.2) is 9.84 Å². The summed E-state index contributed by atoms with van der Waals surface area (Å²) in [4.78, 5) is 0. The minimum atomic E-state index is -3.00. The number of hydrogen-bond acceptors (Lipinski definition) is 3. The van der Waals surface area contributed by atoms with Crippen molar-refractivity contribution in [1.29, 1.82) is 0 Å². The number of ether oxygens (including phenoxy) is 1. The van der Waals surface area contributed by atoms with Crippen molar-refractivity contribution in [3.8, 4) is 17.6 Å². The number of rotatable bonds is 3.